The van der Waals surface area contributed by atoms with Crippen molar-refractivity contribution in [2.24, 2.45) is 17.8 Å². The molecule has 0 spiro atoms. The number of aliphatic hydroxyl groups is 1. The highest BCUT2D eigenvalue weighted by atomic mass is 16.3. The summed E-state index contributed by atoms with van der Waals surface area (Å²) in [6.45, 7) is 0. The quantitative estimate of drug-likeness (QED) is 0.492. The zero-order valence-corrected chi connectivity index (χ0v) is 5.00. The van der Waals surface area contributed by atoms with Crippen molar-refractivity contribution >= 4 is 5.78 Å². The van der Waals surface area contributed by atoms with Crippen molar-refractivity contribution < 1.29 is 9.90 Å². The molecule has 1 N–H and O–H groups in total. The first-order valence-electron chi connectivity index (χ1n) is 3.52. The van der Waals surface area contributed by atoms with Crippen molar-refractivity contribution in [1.82, 2.24) is 0 Å². The van der Waals surface area contributed by atoms with Crippen LogP contribution >= 0.6 is 0 Å². The van der Waals surface area contributed by atoms with E-state index in [-0.39, 0.29) is 11.8 Å². The number of carbonyl (C=O) groups excluding carboxylic acids is 1. The zero-order valence-electron chi connectivity index (χ0n) is 5.00. The van der Waals surface area contributed by atoms with Crippen LogP contribution in [0.2, 0.25) is 0 Å². The predicted octanol–water partition coefficient (Wildman–Crippen LogP) is -0.0438. The summed E-state index contributed by atoms with van der Waals surface area (Å²) in [6, 6.07) is 0. The molecule has 0 aliphatic heterocycles. The molecule has 4 unspecified atom stereocenters. The lowest BCUT2D eigenvalue weighted by atomic mass is 9.78. The van der Waals surface area contributed by atoms with E-state index in [4.69, 9.17) is 0 Å². The molecule has 3 fully saturated rings. The van der Waals surface area contributed by atoms with Crippen LogP contribution in [0.15, 0.2) is 0 Å². The second-order valence-electron chi connectivity index (χ2n) is 3.50. The fourth-order valence-electron chi connectivity index (χ4n) is 2.83. The highest BCUT2D eigenvalue weighted by molar-refractivity contribution is 5.99. The number of hydrogen-bond acceptors (Lipinski definition) is 2. The second-order valence-corrected chi connectivity index (χ2v) is 3.50. The van der Waals surface area contributed by atoms with Crippen molar-refractivity contribution in [2.75, 3.05) is 0 Å². The van der Waals surface area contributed by atoms with Crippen molar-refractivity contribution in [1.29, 1.82) is 0 Å². The van der Waals surface area contributed by atoms with E-state index in [1.807, 2.05) is 0 Å². The molecule has 0 amide bonds. The first-order valence-corrected chi connectivity index (χ1v) is 3.52. The summed E-state index contributed by atoms with van der Waals surface area (Å²) in [4.78, 5) is 10.9. The molecule has 9 heavy (non-hydrogen) atoms. The van der Waals surface area contributed by atoms with Gasteiger partial charge in [-0.05, 0) is 12.8 Å². The molecule has 2 nitrogen and oxygen atoms in total. The van der Waals surface area contributed by atoms with E-state index in [9.17, 15) is 9.90 Å². The Bertz CT molecular complexity index is 211. The van der Waals surface area contributed by atoms with E-state index in [1.54, 1.807) is 0 Å². The molecule has 3 saturated carbocycles. The Morgan fingerprint density at radius 3 is 2.56 bits per heavy atom. The molecule has 3 rings (SSSR count). The molecule has 4 atom stereocenters. The van der Waals surface area contributed by atoms with E-state index in [0.29, 0.717) is 11.7 Å². The number of rotatable bonds is 0. The molecule has 0 heterocycles. The number of hydrogen-bond donors (Lipinski definition) is 1. The third-order valence-corrected chi connectivity index (χ3v) is 3.36. The van der Waals surface area contributed by atoms with Crippen molar-refractivity contribution in [2.45, 2.75) is 18.4 Å². The van der Waals surface area contributed by atoms with Crippen LogP contribution < -0.4 is 0 Å². The molecule has 0 saturated heterocycles. The van der Waals surface area contributed by atoms with E-state index < -0.39 is 5.60 Å². The van der Waals surface area contributed by atoms with Gasteiger partial charge in [0, 0.05) is 11.8 Å². The van der Waals surface area contributed by atoms with Gasteiger partial charge in [0.25, 0.3) is 0 Å². The third-order valence-electron chi connectivity index (χ3n) is 3.36. The minimum absolute atomic E-state index is 0.0625. The van der Waals surface area contributed by atoms with Crippen LogP contribution in [0, 0.1) is 17.8 Å². The Labute approximate surface area is 52.9 Å². The van der Waals surface area contributed by atoms with Gasteiger partial charge in [-0.3, -0.25) is 4.79 Å². The maximum absolute atomic E-state index is 10.9. The summed E-state index contributed by atoms with van der Waals surface area (Å²) in [7, 11) is 0. The summed E-state index contributed by atoms with van der Waals surface area (Å²) >= 11 is 0. The summed E-state index contributed by atoms with van der Waals surface area (Å²) in [5.74, 6) is 0.882. The summed E-state index contributed by atoms with van der Waals surface area (Å²) in [5, 5.41) is 9.54. The van der Waals surface area contributed by atoms with Crippen LogP contribution in [-0.2, 0) is 4.79 Å². The van der Waals surface area contributed by atoms with Crippen molar-refractivity contribution in [3.63, 3.8) is 0 Å². The summed E-state index contributed by atoms with van der Waals surface area (Å²) in [6.07, 6.45) is 2.05. The van der Waals surface area contributed by atoms with Gasteiger partial charge >= 0.3 is 0 Å². The monoisotopic (exact) mass is 124 g/mol. The highest BCUT2D eigenvalue weighted by Gasteiger charge is 2.84. The number of ketones is 1. The molecule has 3 aliphatic carbocycles. The second kappa shape index (κ2) is 0.870. The Hall–Kier alpha value is -0.370. The van der Waals surface area contributed by atoms with E-state index in [1.165, 1.54) is 0 Å². The van der Waals surface area contributed by atoms with Crippen LogP contribution in [0.1, 0.15) is 12.8 Å². The normalized spacial score (nSPS) is 67.2. The Kier molecular flexibility index (Phi) is 0.430. The number of carbonyl (C=O) groups is 1. The van der Waals surface area contributed by atoms with Crippen LogP contribution in [0.3, 0.4) is 0 Å². The Morgan fingerprint density at radius 1 is 1.56 bits per heavy atom. The van der Waals surface area contributed by atoms with Crippen LogP contribution in [0.25, 0.3) is 0 Å². The molecular weight excluding hydrogens is 116 g/mol. The largest absolute Gasteiger partial charge is 0.388 e. The average Bonchev–Trinajstić information content (AvgIpc) is 2.24. The molecule has 0 radical (unpaired) electrons. The Balaban J connectivity index is 2.13. The lowest BCUT2D eigenvalue weighted by Gasteiger charge is -2.28. The van der Waals surface area contributed by atoms with Crippen molar-refractivity contribution in [3.8, 4) is 0 Å². The third kappa shape index (κ3) is 0.227. The van der Waals surface area contributed by atoms with E-state index in [0.717, 1.165) is 12.8 Å². The smallest absolute Gasteiger partial charge is 0.145 e. The van der Waals surface area contributed by atoms with Gasteiger partial charge in [0.05, 0.1) is 11.5 Å². The van der Waals surface area contributed by atoms with Crippen molar-refractivity contribution in [3.05, 3.63) is 0 Å². The maximum Gasteiger partial charge on any atom is 0.145 e. The molecule has 0 aromatic carbocycles. The van der Waals surface area contributed by atoms with Gasteiger partial charge in [-0.2, -0.15) is 0 Å². The first kappa shape index (κ1) is 4.45. The maximum atomic E-state index is 10.9. The molecule has 0 aromatic rings. The van der Waals surface area contributed by atoms with Gasteiger partial charge in [-0.15, -0.1) is 0 Å². The molecule has 48 valence electrons. The van der Waals surface area contributed by atoms with E-state index >= 15 is 0 Å². The summed E-state index contributed by atoms with van der Waals surface area (Å²) < 4.78 is 0. The first-order chi connectivity index (χ1) is 4.26. The highest BCUT2D eigenvalue weighted by Crippen LogP contribution is 2.73. The van der Waals surface area contributed by atoms with Gasteiger partial charge in [0.1, 0.15) is 5.78 Å². The zero-order chi connectivity index (χ0) is 6.22. The van der Waals surface area contributed by atoms with Gasteiger partial charge in [-0.25, -0.2) is 0 Å². The fourth-order valence-corrected chi connectivity index (χ4v) is 2.83. The molecule has 0 aromatic heterocycles. The molecule has 2 heteroatoms. The lowest BCUT2D eigenvalue weighted by Crippen LogP contribution is -2.43. The SMILES string of the molecule is O=C1C2CCC3C1C23O. The van der Waals surface area contributed by atoms with Crippen LogP contribution in [-0.4, -0.2) is 16.5 Å². The molecule has 3 aliphatic rings. The lowest BCUT2D eigenvalue weighted by molar-refractivity contribution is -0.141. The van der Waals surface area contributed by atoms with Gasteiger partial charge in [0.15, 0.2) is 0 Å². The molecule has 0 bridgehead atoms. The fraction of sp³-hybridized carbons (Fsp3) is 0.857. The Morgan fingerprint density at radius 2 is 2.33 bits per heavy atom. The van der Waals surface area contributed by atoms with Gasteiger partial charge in [0.2, 0.25) is 0 Å². The molecular formula is C7H8O2. The van der Waals surface area contributed by atoms with Gasteiger partial charge in [-0.1, -0.05) is 0 Å². The minimum atomic E-state index is -0.461. The number of Topliss-reactive ketones (excluding diaryl/α,β-unsaturated/α-hetero) is 1. The van der Waals surface area contributed by atoms with E-state index in [2.05, 4.69) is 0 Å². The average molecular weight is 124 g/mol. The van der Waals surface area contributed by atoms with Gasteiger partial charge < -0.3 is 5.11 Å². The van der Waals surface area contributed by atoms with Crippen LogP contribution in [0.4, 0.5) is 0 Å². The predicted molar refractivity (Wildman–Crippen MR) is 29.7 cm³/mol. The summed E-state index contributed by atoms with van der Waals surface area (Å²) in [5.41, 5.74) is -0.461. The standard InChI is InChI=1S/C7H8O2/c8-6-4-2-1-3-5(6)7(3,4)9/h3-5,9H,1-2H2. The number of fused-ring (bicyclic) bond motifs is 1. The minimum Gasteiger partial charge on any atom is -0.388 e. The topological polar surface area (TPSA) is 37.3 Å². The van der Waals surface area contributed by atoms with Crippen LogP contribution in [0.5, 0.6) is 0 Å².